The van der Waals surface area contributed by atoms with Crippen LogP contribution in [0.2, 0.25) is 0 Å². The van der Waals surface area contributed by atoms with Gasteiger partial charge in [-0.15, -0.1) is 0 Å². The molecule has 3 nitrogen and oxygen atoms in total. The van der Waals surface area contributed by atoms with Crippen LogP contribution in [-0.2, 0) is 4.79 Å². The summed E-state index contributed by atoms with van der Waals surface area (Å²) in [5.74, 6) is 0. The molecule has 3 heteroatoms. The molecule has 0 aliphatic carbocycles. The van der Waals surface area contributed by atoms with E-state index in [0.717, 1.165) is 5.06 Å². The van der Waals surface area contributed by atoms with E-state index >= 15 is 0 Å². The topological polar surface area (TPSA) is 40.5 Å². The van der Waals surface area contributed by atoms with Crippen LogP contribution in [0.4, 0.5) is 0 Å². The zero-order valence-corrected chi connectivity index (χ0v) is 5.16. The van der Waals surface area contributed by atoms with E-state index in [0.29, 0.717) is 6.29 Å². The third-order valence-corrected chi connectivity index (χ3v) is 0.858. The summed E-state index contributed by atoms with van der Waals surface area (Å²) in [5, 5.41) is 9.71. The van der Waals surface area contributed by atoms with E-state index in [4.69, 9.17) is 5.21 Å². The van der Waals surface area contributed by atoms with Gasteiger partial charge in [-0.3, -0.25) is 0 Å². The molecule has 0 unspecified atom stereocenters. The van der Waals surface area contributed by atoms with Crippen LogP contribution in [0.5, 0.6) is 0 Å². The Bertz CT molecular complexity index is 72.8. The van der Waals surface area contributed by atoms with Gasteiger partial charge in [-0.1, -0.05) is 0 Å². The van der Waals surface area contributed by atoms with Crippen molar-refractivity contribution in [2.75, 3.05) is 6.54 Å². The third-order valence-electron chi connectivity index (χ3n) is 0.858. The van der Waals surface area contributed by atoms with Gasteiger partial charge in [-0.05, 0) is 13.8 Å². The van der Waals surface area contributed by atoms with Gasteiger partial charge in [0.1, 0.15) is 6.29 Å². The predicted molar refractivity (Wildman–Crippen MR) is 29.7 cm³/mol. The molecule has 0 heterocycles. The number of hydrogen-bond donors (Lipinski definition) is 1. The van der Waals surface area contributed by atoms with E-state index in [2.05, 4.69) is 0 Å². The van der Waals surface area contributed by atoms with Crippen LogP contribution in [0.25, 0.3) is 0 Å². The van der Waals surface area contributed by atoms with E-state index in [1.54, 1.807) is 0 Å². The Labute approximate surface area is 48.9 Å². The monoisotopic (exact) mass is 117 g/mol. The maximum Gasteiger partial charge on any atom is 0.136 e. The van der Waals surface area contributed by atoms with E-state index in [1.807, 2.05) is 13.8 Å². The van der Waals surface area contributed by atoms with Gasteiger partial charge in [-0.25, -0.2) is 0 Å². The normalized spacial score (nSPS) is 10.6. The molecule has 0 aliphatic rings. The maximum absolute atomic E-state index is 9.72. The lowest BCUT2D eigenvalue weighted by atomic mass is 10.4. The fourth-order valence-corrected chi connectivity index (χ4v) is 0.287. The number of nitrogens with zero attached hydrogens (tertiary/aromatic N) is 1. The fourth-order valence-electron chi connectivity index (χ4n) is 0.287. The molecule has 0 aromatic heterocycles. The number of carbonyl (C=O) groups is 1. The van der Waals surface area contributed by atoms with Crippen molar-refractivity contribution >= 4 is 6.29 Å². The molecule has 0 amide bonds. The smallest absolute Gasteiger partial charge is 0.136 e. The van der Waals surface area contributed by atoms with Crippen LogP contribution in [-0.4, -0.2) is 29.1 Å². The largest absolute Gasteiger partial charge is 0.313 e. The van der Waals surface area contributed by atoms with Crippen LogP contribution in [0, 0.1) is 0 Å². The highest BCUT2D eigenvalue weighted by molar-refractivity contribution is 5.51. The Morgan fingerprint density at radius 2 is 2.25 bits per heavy atom. The summed E-state index contributed by atoms with van der Waals surface area (Å²) in [4.78, 5) is 9.72. The van der Waals surface area contributed by atoms with Crippen LogP contribution in [0.15, 0.2) is 0 Å². The first-order valence-corrected chi connectivity index (χ1v) is 2.57. The van der Waals surface area contributed by atoms with Crippen molar-refractivity contribution in [2.24, 2.45) is 0 Å². The molecular weight excluding hydrogens is 106 g/mol. The SMILES string of the molecule is CC(C)N(O)CC=O. The highest BCUT2D eigenvalue weighted by Crippen LogP contribution is 1.88. The molecule has 0 aromatic rings. The standard InChI is InChI=1S/C5H11NO2/c1-5(2)6(8)3-4-7/h4-5,8H,3H2,1-2H3. The molecule has 48 valence electrons. The summed E-state index contributed by atoms with van der Waals surface area (Å²) >= 11 is 0. The molecule has 1 N–H and O–H groups in total. The summed E-state index contributed by atoms with van der Waals surface area (Å²) < 4.78 is 0. The van der Waals surface area contributed by atoms with Crippen molar-refractivity contribution < 1.29 is 10.0 Å². The number of rotatable bonds is 3. The first-order valence-electron chi connectivity index (χ1n) is 2.57. The number of hydroxylamine groups is 2. The average molecular weight is 117 g/mol. The number of hydrogen-bond acceptors (Lipinski definition) is 3. The van der Waals surface area contributed by atoms with E-state index < -0.39 is 0 Å². The Morgan fingerprint density at radius 3 is 2.38 bits per heavy atom. The highest BCUT2D eigenvalue weighted by Gasteiger charge is 2.01. The summed E-state index contributed by atoms with van der Waals surface area (Å²) in [6, 6.07) is 0.0280. The quantitative estimate of drug-likeness (QED) is 0.426. The van der Waals surface area contributed by atoms with Gasteiger partial charge in [0, 0.05) is 6.04 Å². The summed E-state index contributed by atoms with van der Waals surface area (Å²) in [6.45, 7) is 3.71. The predicted octanol–water partition coefficient (Wildman–Crippen LogP) is 0.285. The Hall–Kier alpha value is -0.410. The fraction of sp³-hybridized carbons (Fsp3) is 0.800. The minimum Gasteiger partial charge on any atom is -0.313 e. The molecule has 0 bridgehead atoms. The van der Waals surface area contributed by atoms with Gasteiger partial charge in [0.25, 0.3) is 0 Å². The first-order chi connectivity index (χ1) is 3.68. The van der Waals surface area contributed by atoms with Crippen molar-refractivity contribution in [1.29, 1.82) is 0 Å². The van der Waals surface area contributed by atoms with E-state index in [1.165, 1.54) is 0 Å². The van der Waals surface area contributed by atoms with E-state index in [-0.39, 0.29) is 12.6 Å². The molecule has 0 aliphatic heterocycles. The maximum atomic E-state index is 9.72. The molecule has 0 rings (SSSR count). The minimum absolute atomic E-state index is 0.0280. The zero-order valence-electron chi connectivity index (χ0n) is 5.16. The van der Waals surface area contributed by atoms with Crippen LogP contribution in [0.1, 0.15) is 13.8 Å². The lowest BCUT2D eigenvalue weighted by Crippen LogP contribution is -2.28. The summed E-state index contributed by atoms with van der Waals surface area (Å²) in [7, 11) is 0. The van der Waals surface area contributed by atoms with Crippen LogP contribution < -0.4 is 0 Å². The van der Waals surface area contributed by atoms with Crippen LogP contribution >= 0.6 is 0 Å². The van der Waals surface area contributed by atoms with Gasteiger partial charge in [0.05, 0.1) is 6.54 Å². The minimum atomic E-state index is 0.0280. The lowest BCUT2D eigenvalue weighted by molar-refractivity contribution is -0.134. The molecule has 0 fully saturated rings. The molecule has 0 spiro atoms. The Balaban J connectivity index is 3.30. The highest BCUT2D eigenvalue weighted by atomic mass is 16.5. The molecule has 0 radical (unpaired) electrons. The first kappa shape index (κ1) is 7.59. The van der Waals surface area contributed by atoms with Gasteiger partial charge in [-0.2, -0.15) is 5.06 Å². The molecular formula is C5H11NO2. The lowest BCUT2D eigenvalue weighted by Gasteiger charge is -2.14. The number of carbonyl (C=O) groups excluding carboxylic acids is 1. The van der Waals surface area contributed by atoms with Gasteiger partial charge in [0.2, 0.25) is 0 Å². The molecule has 0 atom stereocenters. The van der Waals surface area contributed by atoms with Crippen molar-refractivity contribution in [1.82, 2.24) is 5.06 Å². The van der Waals surface area contributed by atoms with Gasteiger partial charge < -0.3 is 10.0 Å². The molecule has 8 heavy (non-hydrogen) atoms. The van der Waals surface area contributed by atoms with Crippen molar-refractivity contribution in [3.63, 3.8) is 0 Å². The Kier molecular flexibility index (Phi) is 3.39. The van der Waals surface area contributed by atoms with Gasteiger partial charge in [0.15, 0.2) is 0 Å². The van der Waals surface area contributed by atoms with Crippen molar-refractivity contribution in [3.8, 4) is 0 Å². The summed E-state index contributed by atoms with van der Waals surface area (Å²) in [6.07, 6.45) is 0.667. The average Bonchev–Trinajstić information content (AvgIpc) is 1.67. The molecule has 0 aromatic carbocycles. The second kappa shape index (κ2) is 3.57. The summed E-state index contributed by atoms with van der Waals surface area (Å²) in [5.41, 5.74) is 0. The van der Waals surface area contributed by atoms with Crippen molar-refractivity contribution in [2.45, 2.75) is 19.9 Å². The zero-order chi connectivity index (χ0) is 6.57. The van der Waals surface area contributed by atoms with Crippen molar-refractivity contribution in [3.05, 3.63) is 0 Å². The second-order valence-electron chi connectivity index (χ2n) is 1.88. The van der Waals surface area contributed by atoms with Crippen LogP contribution in [0.3, 0.4) is 0 Å². The molecule has 0 saturated heterocycles. The second-order valence-corrected chi connectivity index (χ2v) is 1.88. The third kappa shape index (κ3) is 2.71. The van der Waals surface area contributed by atoms with E-state index in [9.17, 15) is 4.79 Å². The number of aldehydes is 1. The van der Waals surface area contributed by atoms with Gasteiger partial charge >= 0.3 is 0 Å². The molecule has 0 saturated carbocycles. The Morgan fingerprint density at radius 1 is 1.75 bits per heavy atom.